The van der Waals surface area contributed by atoms with E-state index in [0.717, 1.165) is 11.3 Å². The number of rotatable bonds is 0. The highest BCUT2D eigenvalue weighted by Gasteiger charge is 2.13. The van der Waals surface area contributed by atoms with Gasteiger partial charge >= 0.3 is 0 Å². The number of aliphatic imine (C=N–C) groups is 1. The van der Waals surface area contributed by atoms with Gasteiger partial charge in [0.25, 0.3) is 0 Å². The fraction of sp³-hybridized carbons (Fsp3) is 0. The largest absolute Gasteiger partial charge is 0.237 e. The summed E-state index contributed by atoms with van der Waals surface area (Å²) in [7, 11) is 0. The van der Waals surface area contributed by atoms with Gasteiger partial charge in [-0.1, -0.05) is 12.2 Å². The first kappa shape index (κ1) is 5.19. The van der Waals surface area contributed by atoms with Gasteiger partial charge in [-0.05, 0) is 12.2 Å². The first-order valence-corrected chi connectivity index (χ1v) is 2.99. The highest BCUT2D eigenvalue weighted by atomic mass is 14.8. The Hall–Kier alpha value is -1.62. The molecule has 0 saturated heterocycles. The van der Waals surface area contributed by atoms with Crippen molar-refractivity contribution < 1.29 is 0 Å². The predicted molar refractivity (Wildman–Crippen MR) is 38.4 cm³/mol. The topological polar surface area (TPSA) is 36.1 Å². The molecule has 2 rings (SSSR count). The number of allylic oxidation sites excluding steroid dienone is 6. The van der Waals surface area contributed by atoms with Crippen LogP contribution in [0.3, 0.4) is 0 Å². The maximum Gasteiger partial charge on any atom is 0.141 e. The van der Waals surface area contributed by atoms with Gasteiger partial charge in [-0.3, -0.25) is 0 Å². The van der Waals surface area contributed by atoms with Crippen LogP contribution in [0.1, 0.15) is 0 Å². The van der Waals surface area contributed by atoms with Gasteiger partial charge in [0.2, 0.25) is 0 Å². The molecule has 0 bridgehead atoms. The standard InChI is InChI=1S/C8H4N2/c9-5-7-4-6-2-1-3-8(6)10-7/h1-4H. The predicted octanol–water partition coefficient (Wildman–Crippen LogP) is 1.34. The van der Waals surface area contributed by atoms with E-state index in [9.17, 15) is 0 Å². The number of nitrogens with zero attached hydrogens (tertiary/aromatic N) is 2. The van der Waals surface area contributed by atoms with Crippen LogP contribution in [0, 0.1) is 11.3 Å². The normalized spacial score (nSPS) is 19.3. The fourth-order valence-electron chi connectivity index (χ4n) is 1.02. The van der Waals surface area contributed by atoms with Gasteiger partial charge in [-0.15, -0.1) is 0 Å². The molecule has 2 heteroatoms. The van der Waals surface area contributed by atoms with Gasteiger partial charge in [0.15, 0.2) is 0 Å². The van der Waals surface area contributed by atoms with Crippen LogP contribution in [-0.2, 0) is 0 Å². The number of nitriles is 1. The smallest absolute Gasteiger partial charge is 0.141 e. The second-order valence-corrected chi connectivity index (χ2v) is 2.12. The Morgan fingerprint density at radius 3 is 3.10 bits per heavy atom. The first-order chi connectivity index (χ1) is 4.90. The summed E-state index contributed by atoms with van der Waals surface area (Å²) in [6, 6.07) is 1.99. The Balaban J connectivity index is 2.49. The van der Waals surface area contributed by atoms with E-state index in [1.54, 1.807) is 6.08 Å². The van der Waals surface area contributed by atoms with E-state index in [2.05, 4.69) is 4.99 Å². The second kappa shape index (κ2) is 1.68. The molecular weight excluding hydrogens is 124 g/mol. The Morgan fingerprint density at radius 1 is 1.50 bits per heavy atom. The lowest BCUT2D eigenvalue weighted by Crippen LogP contribution is -1.84. The maximum absolute atomic E-state index is 8.44. The van der Waals surface area contributed by atoms with Crippen molar-refractivity contribution in [1.82, 2.24) is 0 Å². The SMILES string of the molecule is N#CC1=CC2=CC=CC2=N1. The van der Waals surface area contributed by atoms with E-state index in [1.807, 2.05) is 24.3 Å². The Bertz CT molecular complexity index is 335. The zero-order valence-electron chi connectivity index (χ0n) is 5.20. The van der Waals surface area contributed by atoms with Crippen LogP contribution in [-0.4, -0.2) is 5.71 Å². The molecule has 0 amide bonds. The average Bonchev–Trinajstić information content (AvgIpc) is 2.42. The van der Waals surface area contributed by atoms with Crippen LogP contribution in [0.2, 0.25) is 0 Å². The van der Waals surface area contributed by atoms with Crippen LogP contribution in [0.15, 0.2) is 40.6 Å². The monoisotopic (exact) mass is 128 g/mol. The molecule has 46 valence electrons. The van der Waals surface area contributed by atoms with Crippen molar-refractivity contribution in [3.63, 3.8) is 0 Å². The van der Waals surface area contributed by atoms with Crippen LogP contribution in [0.25, 0.3) is 0 Å². The van der Waals surface area contributed by atoms with Crippen molar-refractivity contribution in [2.45, 2.75) is 0 Å². The molecule has 1 heterocycles. The van der Waals surface area contributed by atoms with Crippen LogP contribution in [0.5, 0.6) is 0 Å². The Kier molecular flexibility index (Phi) is 0.870. The quantitative estimate of drug-likeness (QED) is 0.485. The minimum absolute atomic E-state index is 0.505. The Morgan fingerprint density at radius 2 is 2.40 bits per heavy atom. The third kappa shape index (κ3) is 0.547. The first-order valence-electron chi connectivity index (χ1n) is 2.99. The summed E-state index contributed by atoms with van der Waals surface area (Å²) in [5, 5.41) is 8.44. The lowest BCUT2D eigenvalue weighted by molar-refractivity contribution is 1.41. The van der Waals surface area contributed by atoms with Crippen molar-refractivity contribution in [1.29, 1.82) is 5.26 Å². The molecule has 1 aliphatic carbocycles. The van der Waals surface area contributed by atoms with Crippen LogP contribution >= 0.6 is 0 Å². The molecule has 1 aliphatic heterocycles. The van der Waals surface area contributed by atoms with Gasteiger partial charge in [-0.2, -0.15) is 5.26 Å². The molecular formula is C8H4N2. The lowest BCUT2D eigenvalue weighted by Gasteiger charge is -1.82. The third-order valence-electron chi connectivity index (χ3n) is 1.47. The fourth-order valence-corrected chi connectivity index (χ4v) is 1.02. The zero-order chi connectivity index (χ0) is 6.97. The van der Waals surface area contributed by atoms with Gasteiger partial charge < -0.3 is 0 Å². The van der Waals surface area contributed by atoms with E-state index >= 15 is 0 Å². The van der Waals surface area contributed by atoms with Gasteiger partial charge in [0.1, 0.15) is 11.8 Å². The molecule has 0 aromatic carbocycles. The highest BCUT2D eigenvalue weighted by molar-refractivity contribution is 6.15. The molecule has 0 atom stereocenters. The third-order valence-corrected chi connectivity index (χ3v) is 1.47. The summed E-state index contributed by atoms with van der Waals surface area (Å²) < 4.78 is 0. The van der Waals surface area contributed by atoms with Gasteiger partial charge in [0, 0.05) is 5.57 Å². The molecule has 0 unspecified atom stereocenters. The number of fused-ring (bicyclic) bond motifs is 1. The zero-order valence-corrected chi connectivity index (χ0v) is 5.20. The van der Waals surface area contributed by atoms with Crippen LogP contribution < -0.4 is 0 Å². The molecule has 2 aliphatic rings. The molecule has 0 aromatic rings. The molecule has 0 aromatic heterocycles. The minimum atomic E-state index is 0.505. The summed E-state index contributed by atoms with van der Waals surface area (Å²) >= 11 is 0. The van der Waals surface area contributed by atoms with Crippen molar-refractivity contribution in [2.24, 2.45) is 4.99 Å². The van der Waals surface area contributed by atoms with Crippen LogP contribution in [0.4, 0.5) is 0 Å². The van der Waals surface area contributed by atoms with E-state index in [4.69, 9.17) is 5.26 Å². The van der Waals surface area contributed by atoms with E-state index in [-0.39, 0.29) is 0 Å². The second-order valence-electron chi connectivity index (χ2n) is 2.12. The summed E-state index contributed by atoms with van der Waals surface area (Å²) in [5.41, 5.74) is 2.47. The van der Waals surface area contributed by atoms with Crippen molar-refractivity contribution >= 4 is 5.71 Å². The molecule has 10 heavy (non-hydrogen) atoms. The number of hydrogen-bond donors (Lipinski definition) is 0. The molecule has 0 spiro atoms. The molecule has 0 saturated carbocycles. The summed E-state index contributed by atoms with van der Waals surface area (Å²) in [6.45, 7) is 0. The minimum Gasteiger partial charge on any atom is -0.237 e. The average molecular weight is 128 g/mol. The van der Waals surface area contributed by atoms with Crippen molar-refractivity contribution in [2.75, 3.05) is 0 Å². The lowest BCUT2D eigenvalue weighted by atomic mass is 10.2. The number of hydrogen-bond acceptors (Lipinski definition) is 2. The van der Waals surface area contributed by atoms with Gasteiger partial charge in [-0.25, -0.2) is 4.99 Å². The van der Waals surface area contributed by atoms with E-state index in [1.165, 1.54) is 0 Å². The van der Waals surface area contributed by atoms with Gasteiger partial charge in [0.05, 0.1) is 5.71 Å². The van der Waals surface area contributed by atoms with Crippen molar-refractivity contribution in [3.8, 4) is 6.07 Å². The molecule has 0 fully saturated rings. The molecule has 0 N–H and O–H groups in total. The highest BCUT2D eigenvalue weighted by Crippen LogP contribution is 2.19. The Labute approximate surface area is 58.5 Å². The van der Waals surface area contributed by atoms with E-state index < -0.39 is 0 Å². The molecule has 2 nitrogen and oxygen atoms in total. The van der Waals surface area contributed by atoms with Crippen molar-refractivity contribution in [3.05, 3.63) is 35.6 Å². The summed E-state index contributed by atoms with van der Waals surface area (Å²) in [4.78, 5) is 4.03. The maximum atomic E-state index is 8.44. The summed E-state index contributed by atoms with van der Waals surface area (Å²) in [5.74, 6) is 0. The molecule has 0 radical (unpaired) electrons. The summed E-state index contributed by atoms with van der Waals surface area (Å²) in [6.07, 6.45) is 7.56. The van der Waals surface area contributed by atoms with E-state index in [0.29, 0.717) is 5.70 Å².